The van der Waals surface area contributed by atoms with Crippen molar-refractivity contribution in [1.29, 1.82) is 0 Å². The minimum atomic E-state index is -0.636. The van der Waals surface area contributed by atoms with E-state index in [1.807, 2.05) is 0 Å². The summed E-state index contributed by atoms with van der Waals surface area (Å²) in [5, 5.41) is 7.62. The van der Waals surface area contributed by atoms with E-state index in [0.717, 1.165) is 12.8 Å². The van der Waals surface area contributed by atoms with Gasteiger partial charge >= 0.3 is 6.03 Å². The second kappa shape index (κ2) is 9.52. The highest BCUT2D eigenvalue weighted by atomic mass is 16.5. The normalized spacial score (nSPS) is 16.3. The molecule has 31 heavy (non-hydrogen) atoms. The molecule has 4 amide bonds. The molecule has 0 unspecified atom stereocenters. The molecule has 0 atom stereocenters. The lowest BCUT2D eigenvalue weighted by Gasteiger charge is -2.20. The number of carbonyl (C=O) groups is 3. The Labute approximate surface area is 178 Å². The highest BCUT2D eigenvalue weighted by Crippen LogP contribution is 2.30. The summed E-state index contributed by atoms with van der Waals surface area (Å²) >= 11 is 0. The van der Waals surface area contributed by atoms with Crippen molar-refractivity contribution >= 4 is 29.5 Å². The Hall–Kier alpha value is -3.53. The number of aromatic nitrogens is 2. The summed E-state index contributed by atoms with van der Waals surface area (Å²) < 4.78 is 10.9. The molecule has 0 bridgehead atoms. The lowest BCUT2D eigenvalue weighted by molar-refractivity contribution is -0.126. The van der Waals surface area contributed by atoms with E-state index in [-0.39, 0.29) is 29.5 Å². The van der Waals surface area contributed by atoms with Gasteiger partial charge in [-0.05, 0) is 43.9 Å². The number of hydrogen-bond donors (Lipinski definition) is 3. The van der Waals surface area contributed by atoms with Gasteiger partial charge < -0.3 is 14.8 Å². The number of pyridine rings is 2. The zero-order valence-electron chi connectivity index (χ0n) is 16.8. The molecule has 1 aliphatic heterocycles. The van der Waals surface area contributed by atoms with Crippen molar-refractivity contribution in [3.8, 4) is 11.5 Å². The first-order chi connectivity index (χ1) is 15.1. The van der Waals surface area contributed by atoms with Gasteiger partial charge in [-0.2, -0.15) is 0 Å². The molecule has 0 aromatic carbocycles. The molecule has 2 aliphatic rings. The number of nitrogens with zero attached hydrogens (tertiary/aromatic N) is 2. The number of imide groups is 1. The van der Waals surface area contributed by atoms with Crippen molar-refractivity contribution < 1.29 is 23.9 Å². The van der Waals surface area contributed by atoms with Crippen LogP contribution in [0.15, 0.2) is 36.7 Å². The summed E-state index contributed by atoms with van der Waals surface area (Å²) in [6, 6.07) is 5.84. The van der Waals surface area contributed by atoms with E-state index in [2.05, 4.69) is 25.9 Å². The van der Waals surface area contributed by atoms with Crippen molar-refractivity contribution in [2.45, 2.75) is 25.7 Å². The van der Waals surface area contributed by atoms with Gasteiger partial charge in [-0.25, -0.2) is 14.8 Å². The molecular weight excluding hydrogens is 402 g/mol. The van der Waals surface area contributed by atoms with Crippen LogP contribution in [-0.2, 0) is 14.3 Å². The van der Waals surface area contributed by atoms with Crippen molar-refractivity contribution in [2.75, 3.05) is 23.8 Å². The highest BCUT2D eigenvalue weighted by molar-refractivity contribution is 6.01. The van der Waals surface area contributed by atoms with E-state index in [9.17, 15) is 14.4 Å². The number of hydrogen-bond acceptors (Lipinski definition) is 7. The van der Waals surface area contributed by atoms with Crippen LogP contribution in [0.4, 0.5) is 16.4 Å². The maximum Gasteiger partial charge on any atom is 0.327 e. The van der Waals surface area contributed by atoms with Crippen LogP contribution in [0.25, 0.3) is 0 Å². The second-order valence-corrected chi connectivity index (χ2v) is 7.45. The largest absolute Gasteiger partial charge is 0.456 e. The van der Waals surface area contributed by atoms with E-state index in [1.54, 1.807) is 30.5 Å². The van der Waals surface area contributed by atoms with E-state index in [0.29, 0.717) is 43.4 Å². The van der Waals surface area contributed by atoms with Crippen LogP contribution in [0, 0.1) is 11.8 Å². The van der Waals surface area contributed by atoms with Crippen LogP contribution in [0.1, 0.15) is 25.7 Å². The predicted octanol–water partition coefficient (Wildman–Crippen LogP) is 2.69. The highest BCUT2D eigenvalue weighted by Gasteiger charge is 2.29. The van der Waals surface area contributed by atoms with Gasteiger partial charge in [0.2, 0.25) is 11.8 Å². The monoisotopic (exact) mass is 425 g/mol. The zero-order valence-corrected chi connectivity index (χ0v) is 16.8. The number of amides is 4. The Morgan fingerprint density at radius 2 is 1.65 bits per heavy atom. The third-order valence-electron chi connectivity index (χ3n) is 4.97. The molecule has 1 saturated carbocycles. The molecule has 10 nitrogen and oxygen atoms in total. The minimum Gasteiger partial charge on any atom is -0.456 e. The number of anilines is 2. The molecule has 0 spiro atoms. The standard InChI is InChI=1S/C21H23N5O5/c27-19(13-1-2-13)24-18-11-15(5-8-22-18)31-16-3-4-17(23-12-16)25-21(29)26-20(28)14-6-9-30-10-7-14/h3-5,8,11-14H,1-2,6-7,9-10H2,(H,22,24,27)(H2,23,25,26,28,29). The number of ether oxygens (including phenoxy) is 2. The van der Waals surface area contributed by atoms with Gasteiger partial charge in [0.15, 0.2) is 0 Å². The number of urea groups is 1. The molecule has 3 N–H and O–H groups in total. The van der Waals surface area contributed by atoms with Crippen molar-refractivity contribution in [2.24, 2.45) is 11.8 Å². The first kappa shape index (κ1) is 20.7. The van der Waals surface area contributed by atoms with E-state index >= 15 is 0 Å². The first-order valence-electron chi connectivity index (χ1n) is 10.2. The molecule has 0 radical (unpaired) electrons. The molecule has 1 aliphatic carbocycles. The molecule has 2 aromatic rings. The number of carbonyl (C=O) groups excluding carboxylic acids is 3. The summed E-state index contributed by atoms with van der Waals surface area (Å²) in [7, 11) is 0. The van der Waals surface area contributed by atoms with Crippen molar-refractivity contribution in [1.82, 2.24) is 15.3 Å². The Kier molecular flexibility index (Phi) is 6.37. The smallest absolute Gasteiger partial charge is 0.327 e. The Morgan fingerprint density at radius 3 is 2.35 bits per heavy atom. The van der Waals surface area contributed by atoms with Crippen LogP contribution in [0.3, 0.4) is 0 Å². The van der Waals surface area contributed by atoms with Gasteiger partial charge in [0.05, 0.1) is 6.20 Å². The topological polar surface area (TPSA) is 132 Å². The van der Waals surface area contributed by atoms with Crippen LogP contribution >= 0.6 is 0 Å². The van der Waals surface area contributed by atoms with Gasteiger partial charge in [-0.15, -0.1) is 0 Å². The van der Waals surface area contributed by atoms with Gasteiger partial charge in [0.1, 0.15) is 23.1 Å². The second-order valence-electron chi connectivity index (χ2n) is 7.45. The van der Waals surface area contributed by atoms with E-state index in [1.165, 1.54) is 6.20 Å². The first-order valence-corrected chi connectivity index (χ1v) is 10.2. The molecule has 3 heterocycles. The lowest BCUT2D eigenvalue weighted by Crippen LogP contribution is -2.40. The molecule has 10 heteroatoms. The average Bonchev–Trinajstić information content (AvgIpc) is 3.62. The fraction of sp³-hybridized carbons (Fsp3) is 0.381. The van der Waals surface area contributed by atoms with Gasteiger partial charge in [-0.1, -0.05) is 0 Å². The maximum absolute atomic E-state index is 12.1. The van der Waals surface area contributed by atoms with Crippen molar-refractivity contribution in [3.05, 3.63) is 36.7 Å². The Bertz CT molecular complexity index is 955. The number of rotatable bonds is 6. The predicted molar refractivity (Wildman–Crippen MR) is 111 cm³/mol. The molecule has 1 saturated heterocycles. The summed E-state index contributed by atoms with van der Waals surface area (Å²) in [6.07, 6.45) is 6.01. The number of nitrogens with one attached hydrogen (secondary N) is 3. The SMILES string of the molecule is O=C(NC(=O)C1CCOCC1)Nc1ccc(Oc2ccnc(NC(=O)C3CC3)c2)cn1. The van der Waals surface area contributed by atoms with Crippen molar-refractivity contribution in [3.63, 3.8) is 0 Å². The molecule has 2 fully saturated rings. The molecule has 4 rings (SSSR count). The van der Waals surface area contributed by atoms with Gasteiger partial charge in [0, 0.05) is 37.3 Å². The fourth-order valence-corrected chi connectivity index (χ4v) is 3.09. The Morgan fingerprint density at radius 1 is 0.871 bits per heavy atom. The summed E-state index contributed by atoms with van der Waals surface area (Å²) in [4.78, 5) is 44.2. The van der Waals surface area contributed by atoms with Crippen LogP contribution in [0.2, 0.25) is 0 Å². The van der Waals surface area contributed by atoms with E-state index in [4.69, 9.17) is 9.47 Å². The quantitative estimate of drug-likeness (QED) is 0.648. The van der Waals surface area contributed by atoms with Crippen LogP contribution < -0.4 is 20.7 Å². The van der Waals surface area contributed by atoms with Crippen LogP contribution in [0.5, 0.6) is 11.5 Å². The minimum absolute atomic E-state index is 0.0321. The van der Waals surface area contributed by atoms with Gasteiger partial charge in [0.25, 0.3) is 0 Å². The third-order valence-corrected chi connectivity index (χ3v) is 4.97. The Balaban J connectivity index is 1.28. The molecule has 162 valence electrons. The molecular formula is C21H23N5O5. The summed E-state index contributed by atoms with van der Waals surface area (Å²) in [6.45, 7) is 1.04. The molecule has 2 aromatic heterocycles. The third kappa shape index (κ3) is 5.98. The van der Waals surface area contributed by atoms with E-state index < -0.39 is 6.03 Å². The van der Waals surface area contributed by atoms with Gasteiger partial charge in [-0.3, -0.25) is 20.2 Å². The van der Waals surface area contributed by atoms with Crippen LogP contribution in [-0.4, -0.2) is 41.0 Å². The summed E-state index contributed by atoms with van der Waals surface area (Å²) in [5.74, 6) is 1.14. The zero-order chi connectivity index (χ0) is 21.6. The fourth-order valence-electron chi connectivity index (χ4n) is 3.09. The average molecular weight is 425 g/mol. The lowest BCUT2D eigenvalue weighted by atomic mass is 10.00. The summed E-state index contributed by atoms with van der Waals surface area (Å²) in [5.41, 5.74) is 0. The maximum atomic E-state index is 12.1.